The summed E-state index contributed by atoms with van der Waals surface area (Å²) < 4.78 is 15.5. The predicted molar refractivity (Wildman–Crippen MR) is 73.5 cm³/mol. The van der Waals surface area contributed by atoms with Crippen LogP contribution in [0.4, 0.5) is 5.69 Å². The first-order chi connectivity index (χ1) is 8.99. The Morgan fingerprint density at radius 1 is 1.32 bits per heavy atom. The number of nitrogen functional groups attached to an aromatic ring is 1. The summed E-state index contributed by atoms with van der Waals surface area (Å²) in [4.78, 5) is 11.2. The lowest BCUT2D eigenvalue weighted by atomic mass is 10.1. The summed E-state index contributed by atoms with van der Waals surface area (Å²) in [5.74, 6) is 0.856. The number of esters is 1. The summed E-state index contributed by atoms with van der Waals surface area (Å²) in [6.07, 6.45) is 0.789. The Morgan fingerprint density at radius 3 is 2.53 bits per heavy atom. The standard InChI is InChI=1S/C14H21NO4/c1-9(2)19-14-11(17-3)7-5-10(13(14)15)6-8-12(16)18-4/h5,7,9H,6,8,15H2,1-4H3. The zero-order valence-electron chi connectivity index (χ0n) is 11.9. The summed E-state index contributed by atoms with van der Waals surface area (Å²) in [7, 11) is 2.93. The Bertz CT molecular complexity index is 443. The van der Waals surface area contributed by atoms with Crippen LogP contribution in [0, 0.1) is 0 Å². The molecule has 5 heteroatoms. The zero-order valence-corrected chi connectivity index (χ0v) is 11.9. The maximum Gasteiger partial charge on any atom is 0.305 e. The molecule has 0 bridgehead atoms. The third-order valence-corrected chi connectivity index (χ3v) is 2.65. The zero-order chi connectivity index (χ0) is 14.4. The minimum atomic E-state index is -0.262. The van der Waals surface area contributed by atoms with Crippen molar-refractivity contribution in [2.24, 2.45) is 0 Å². The van der Waals surface area contributed by atoms with Crippen LogP contribution in [-0.4, -0.2) is 26.3 Å². The van der Waals surface area contributed by atoms with E-state index in [1.54, 1.807) is 13.2 Å². The maximum atomic E-state index is 11.2. The van der Waals surface area contributed by atoms with E-state index in [1.807, 2.05) is 19.9 Å². The number of anilines is 1. The first-order valence-corrected chi connectivity index (χ1v) is 6.18. The fourth-order valence-corrected chi connectivity index (χ4v) is 1.70. The number of carbonyl (C=O) groups is 1. The molecule has 19 heavy (non-hydrogen) atoms. The van der Waals surface area contributed by atoms with E-state index in [2.05, 4.69) is 4.74 Å². The molecule has 0 heterocycles. The predicted octanol–water partition coefficient (Wildman–Crippen LogP) is 2.17. The second-order valence-electron chi connectivity index (χ2n) is 4.41. The van der Waals surface area contributed by atoms with Crippen molar-refractivity contribution in [1.29, 1.82) is 0 Å². The van der Waals surface area contributed by atoms with Crippen molar-refractivity contribution in [3.05, 3.63) is 17.7 Å². The van der Waals surface area contributed by atoms with Gasteiger partial charge in [0.2, 0.25) is 0 Å². The van der Waals surface area contributed by atoms with Gasteiger partial charge in [-0.1, -0.05) is 6.07 Å². The second kappa shape index (κ2) is 6.87. The van der Waals surface area contributed by atoms with Crippen LogP contribution >= 0.6 is 0 Å². The SMILES string of the molecule is COC(=O)CCc1ccc(OC)c(OC(C)C)c1N. The van der Waals surface area contributed by atoms with Gasteiger partial charge in [0, 0.05) is 6.42 Å². The van der Waals surface area contributed by atoms with Gasteiger partial charge in [-0.3, -0.25) is 4.79 Å². The van der Waals surface area contributed by atoms with Crippen LogP contribution in [-0.2, 0) is 16.0 Å². The van der Waals surface area contributed by atoms with Crippen LogP contribution < -0.4 is 15.2 Å². The molecule has 5 nitrogen and oxygen atoms in total. The number of benzene rings is 1. The third-order valence-electron chi connectivity index (χ3n) is 2.65. The monoisotopic (exact) mass is 267 g/mol. The summed E-state index contributed by atoms with van der Waals surface area (Å²) in [5, 5.41) is 0. The van der Waals surface area contributed by atoms with Gasteiger partial charge < -0.3 is 19.9 Å². The average molecular weight is 267 g/mol. The smallest absolute Gasteiger partial charge is 0.305 e. The molecule has 1 rings (SSSR count). The Kier molecular flexibility index (Phi) is 5.48. The third kappa shape index (κ3) is 4.05. The van der Waals surface area contributed by atoms with Crippen molar-refractivity contribution in [1.82, 2.24) is 0 Å². The van der Waals surface area contributed by atoms with E-state index in [1.165, 1.54) is 7.11 Å². The van der Waals surface area contributed by atoms with E-state index in [0.29, 0.717) is 23.6 Å². The summed E-state index contributed by atoms with van der Waals surface area (Å²) in [6, 6.07) is 3.63. The quantitative estimate of drug-likeness (QED) is 0.632. The molecule has 0 spiro atoms. The number of nitrogens with two attached hydrogens (primary N) is 1. The molecule has 1 aromatic rings. The molecule has 0 aliphatic rings. The summed E-state index contributed by atoms with van der Waals surface area (Å²) in [6.45, 7) is 3.83. The number of hydrogen-bond acceptors (Lipinski definition) is 5. The van der Waals surface area contributed by atoms with E-state index in [9.17, 15) is 4.79 Å². The lowest BCUT2D eigenvalue weighted by molar-refractivity contribution is -0.140. The minimum Gasteiger partial charge on any atom is -0.493 e. The number of aryl methyl sites for hydroxylation is 1. The molecular weight excluding hydrogens is 246 g/mol. The van der Waals surface area contributed by atoms with Crippen LogP contribution in [0.5, 0.6) is 11.5 Å². The van der Waals surface area contributed by atoms with Gasteiger partial charge in [-0.2, -0.15) is 0 Å². The molecule has 0 unspecified atom stereocenters. The molecule has 0 amide bonds. The molecule has 0 aromatic heterocycles. The highest BCUT2D eigenvalue weighted by molar-refractivity contribution is 5.71. The number of carbonyl (C=O) groups excluding carboxylic acids is 1. The van der Waals surface area contributed by atoms with E-state index < -0.39 is 0 Å². The van der Waals surface area contributed by atoms with E-state index in [-0.39, 0.29) is 18.5 Å². The number of hydrogen-bond donors (Lipinski definition) is 1. The van der Waals surface area contributed by atoms with E-state index >= 15 is 0 Å². The van der Waals surface area contributed by atoms with Gasteiger partial charge in [-0.15, -0.1) is 0 Å². The van der Waals surface area contributed by atoms with Crippen molar-refractivity contribution < 1.29 is 19.0 Å². The number of methoxy groups -OCH3 is 2. The van der Waals surface area contributed by atoms with Gasteiger partial charge in [0.05, 0.1) is 26.0 Å². The Hall–Kier alpha value is -1.91. The fraction of sp³-hybridized carbons (Fsp3) is 0.500. The lowest BCUT2D eigenvalue weighted by Crippen LogP contribution is -2.10. The van der Waals surface area contributed by atoms with Crippen molar-refractivity contribution in [2.75, 3.05) is 20.0 Å². The molecule has 0 aliphatic heterocycles. The molecule has 0 saturated heterocycles. The molecule has 0 fully saturated rings. The Balaban J connectivity index is 2.97. The van der Waals surface area contributed by atoms with E-state index in [0.717, 1.165) is 5.56 Å². The Morgan fingerprint density at radius 2 is 2.00 bits per heavy atom. The van der Waals surface area contributed by atoms with Gasteiger partial charge >= 0.3 is 5.97 Å². The van der Waals surface area contributed by atoms with Crippen LogP contribution in [0.15, 0.2) is 12.1 Å². The molecule has 1 aromatic carbocycles. The number of rotatable bonds is 6. The lowest BCUT2D eigenvalue weighted by Gasteiger charge is -2.17. The molecule has 106 valence electrons. The molecule has 0 saturated carbocycles. The van der Waals surface area contributed by atoms with Crippen molar-refractivity contribution in [2.45, 2.75) is 32.8 Å². The van der Waals surface area contributed by atoms with Crippen LogP contribution in [0.2, 0.25) is 0 Å². The summed E-state index contributed by atoms with van der Waals surface area (Å²) in [5.41, 5.74) is 7.44. The molecular formula is C14H21NO4. The minimum absolute atomic E-state index is 0.00735. The Labute approximate surface area is 113 Å². The van der Waals surface area contributed by atoms with Crippen molar-refractivity contribution in [3.63, 3.8) is 0 Å². The van der Waals surface area contributed by atoms with Gasteiger partial charge in [0.25, 0.3) is 0 Å². The highest BCUT2D eigenvalue weighted by Crippen LogP contribution is 2.37. The highest BCUT2D eigenvalue weighted by atomic mass is 16.5. The first kappa shape index (κ1) is 15.1. The fourth-order valence-electron chi connectivity index (χ4n) is 1.70. The van der Waals surface area contributed by atoms with Gasteiger partial charge in [0.1, 0.15) is 0 Å². The van der Waals surface area contributed by atoms with Gasteiger partial charge in [-0.05, 0) is 31.9 Å². The van der Waals surface area contributed by atoms with Gasteiger partial charge in [0.15, 0.2) is 11.5 Å². The second-order valence-corrected chi connectivity index (χ2v) is 4.41. The maximum absolute atomic E-state index is 11.2. The molecule has 0 atom stereocenters. The molecule has 0 radical (unpaired) electrons. The van der Waals surface area contributed by atoms with Crippen molar-refractivity contribution in [3.8, 4) is 11.5 Å². The van der Waals surface area contributed by atoms with Crippen LogP contribution in [0.25, 0.3) is 0 Å². The van der Waals surface area contributed by atoms with Gasteiger partial charge in [-0.25, -0.2) is 0 Å². The van der Waals surface area contributed by atoms with E-state index in [4.69, 9.17) is 15.2 Å². The first-order valence-electron chi connectivity index (χ1n) is 6.18. The average Bonchev–Trinajstić information content (AvgIpc) is 2.38. The highest BCUT2D eigenvalue weighted by Gasteiger charge is 2.15. The number of ether oxygens (including phenoxy) is 3. The van der Waals surface area contributed by atoms with Crippen LogP contribution in [0.1, 0.15) is 25.8 Å². The van der Waals surface area contributed by atoms with Crippen LogP contribution in [0.3, 0.4) is 0 Å². The summed E-state index contributed by atoms with van der Waals surface area (Å²) >= 11 is 0. The largest absolute Gasteiger partial charge is 0.493 e. The normalized spacial score (nSPS) is 10.4. The molecule has 0 aliphatic carbocycles. The molecule has 2 N–H and O–H groups in total. The van der Waals surface area contributed by atoms with Crippen molar-refractivity contribution >= 4 is 11.7 Å². The topological polar surface area (TPSA) is 70.8 Å².